The SMILES string of the molecule is Nc1cc(Cl)cc(Br)c1OC1CCOC1=O. The number of hydrogen-bond donors (Lipinski definition) is 1. The highest BCUT2D eigenvalue weighted by atomic mass is 79.9. The van der Waals surface area contributed by atoms with Crippen molar-refractivity contribution in [3.63, 3.8) is 0 Å². The highest BCUT2D eigenvalue weighted by molar-refractivity contribution is 9.10. The van der Waals surface area contributed by atoms with Gasteiger partial charge >= 0.3 is 5.97 Å². The van der Waals surface area contributed by atoms with E-state index in [9.17, 15) is 4.79 Å². The van der Waals surface area contributed by atoms with E-state index in [4.69, 9.17) is 26.8 Å². The van der Waals surface area contributed by atoms with E-state index < -0.39 is 6.10 Å². The lowest BCUT2D eigenvalue weighted by Gasteiger charge is -2.14. The first-order chi connectivity index (χ1) is 7.58. The van der Waals surface area contributed by atoms with Crippen LogP contribution in [0.1, 0.15) is 6.42 Å². The molecule has 86 valence electrons. The minimum absolute atomic E-state index is 0.360. The fourth-order valence-corrected chi connectivity index (χ4v) is 2.36. The third-order valence-corrected chi connectivity index (χ3v) is 2.99. The monoisotopic (exact) mass is 305 g/mol. The van der Waals surface area contributed by atoms with Crippen LogP contribution in [0.4, 0.5) is 5.69 Å². The molecule has 0 aliphatic carbocycles. The van der Waals surface area contributed by atoms with Gasteiger partial charge in [-0.25, -0.2) is 4.79 Å². The number of hydrogen-bond acceptors (Lipinski definition) is 4. The first kappa shape index (κ1) is 11.5. The van der Waals surface area contributed by atoms with Gasteiger partial charge in [-0.15, -0.1) is 0 Å². The Balaban J connectivity index is 2.24. The van der Waals surface area contributed by atoms with Gasteiger partial charge in [0, 0.05) is 11.4 Å². The van der Waals surface area contributed by atoms with Crippen LogP contribution in [0.15, 0.2) is 16.6 Å². The van der Waals surface area contributed by atoms with E-state index in [2.05, 4.69) is 15.9 Å². The molecule has 0 saturated carbocycles. The number of rotatable bonds is 2. The molecule has 16 heavy (non-hydrogen) atoms. The van der Waals surface area contributed by atoms with Crippen molar-refractivity contribution in [2.45, 2.75) is 12.5 Å². The summed E-state index contributed by atoms with van der Waals surface area (Å²) in [5, 5.41) is 0.505. The molecule has 1 aromatic carbocycles. The molecule has 0 bridgehead atoms. The molecular formula is C10H9BrClNO3. The summed E-state index contributed by atoms with van der Waals surface area (Å²) in [7, 11) is 0. The molecule has 4 nitrogen and oxygen atoms in total. The summed E-state index contributed by atoms with van der Waals surface area (Å²) in [6.45, 7) is 0.384. The lowest BCUT2D eigenvalue weighted by molar-refractivity contribution is -0.143. The molecule has 1 atom stereocenters. The highest BCUT2D eigenvalue weighted by Gasteiger charge is 2.29. The second-order valence-electron chi connectivity index (χ2n) is 3.37. The zero-order valence-electron chi connectivity index (χ0n) is 8.20. The minimum Gasteiger partial charge on any atom is -0.475 e. The predicted molar refractivity (Wildman–Crippen MR) is 63.6 cm³/mol. The zero-order chi connectivity index (χ0) is 11.7. The average Bonchev–Trinajstić information content (AvgIpc) is 2.57. The number of nitrogen functional groups attached to an aromatic ring is 1. The van der Waals surface area contributed by atoms with Crippen molar-refractivity contribution in [1.29, 1.82) is 0 Å². The third-order valence-electron chi connectivity index (χ3n) is 2.18. The lowest BCUT2D eigenvalue weighted by Crippen LogP contribution is -2.22. The number of benzene rings is 1. The van der Waals surface area contributed by atoms with E-state index in [0.717, 1.165) is 0 Å². The van der Waals surface area contributed by atoms with Gasteiger partial charge in [-0.05, 0) is 28.1 Å². The first-order valence-corrected chi connectivity index (χ1v) is 5.83. The maximum absolute atomic E-state index is 11.2. The standard InChI is InChI=1S/C10H9BrClNO3/c11-6-3-5(12)4-7(13)9(6)16-8-1-2-15-10(8)14/h3-4,8H,1-2,13H2. The number of carbonyl (C=O) groups excluding carboxylic acids is 1. The van der Waals surface area contributed by atoms with E-state index in [0.29, 0.717) is 34.0 Å². The van der Waals surface area contributed by atoms with Crippen LogP contribution >= 0.6 is 27.5 Å². The Bertz CT molecular complexity index is 415. The maximum atomic E-state index is 11.2. The normalized spacial score (nSPS) is 19.6. The molecule has 1 aromatic rings. The van der Waals surface area contributed by atoms with Crippen LogP contribution in [-0.2, 0) is 9.53 Å². The summed E-state index contributed by atoms with van der Waals surface area (Å²) in [5.41, 5.74) is 6.14. The number of carbonyl (C=O) groups is 1. The summed E-state index contributed by atoms with van der Waals surface area (Å²) in [4.78, 5) is 11.2. The van der Waals surface area contributed by atoms with Crippen molar-refractivity contribution in [2.75, 3.05) is 12.3 Å². The van der Waals surface area contributed by atoms with Gasteiger partial charge in [-0.3, -0.25) is 0 Å². The number of nitrogens with two attached hydrogens (primary N) is 1. The van der Waals surface area contributed by atoms with Gasteiger partial charge in [0.05, 0.1) is 16.8 Å². The van der Waals surface area contributed by atoms with Crippen LogP contribution in [0.25, 0.3) is 0 Å². The number of anilines is 1. The summed E-state index contributed by atoms with van der Waals surface area (Å²) in [6, 6.07) is 3.23. The zero-order valence-corrected chi connectivity index (χ0v) is 10.5. The van der Waals surface area contributed by atoms with Gasteiger partial charge in [0.25, 0.3) is 0 Å². The largest absolute Gasteiger partial charge is 0.475 e. The topological polar surface area (TPSA) is 61.6 Å². The van der Waals surface area contributed by atoms with Crippen molar-refractivity contribution in [3.8, 4) is 5.75 Å². The molecule has 2 rings (SSSR count). The molecule has 0 radical (unpaired) electrons. The van der Waals surface area contributed by atoms with Crippen molar-refractivity contribution < 1.29 is 14.3 Å². The molecule has 0 amide bonds. The third kappa shape index (κ3) is 2.25. The Morgan fingerprint density at radius 3 is 2.88 bits per heavy atom. The molecule has 1 aliphatic rings. The van der Waals surface area contributed by atoms with E-state index in [1.165, 1.54) is 0 Å². The van der Waals surface area contributed by atoms with Gasteiger partial charge in [0.15, 0.2) is 11.9 Å². The summed E-state index contributed by atoms with van der Waals surface area (Å²) in [6.07, 6.45) is -0.0485. The first-order valence-electron chi connectivity index (χ1n) is 4.66. The van der Waals surface area contributed by atoms with Gasteiger partial charge in [-0.1, -0.05) is 11.6 Å². The lowest BCUT2D eigenvalue weighted by atomic mass is 10.2. The number of esters is 1. The van der Waals surface area contributed by atoms with E-state index in [-0.39, 0.29) is 5.97 Å². The molecule has 1 heterocycles. The highest BCUT2D eigenvalue weighted by Crippen LogP contribution is 2.36. The fourth-order valence-electron chi connectivity index (χ4n) is 1.43. The molecular weight excluding hydrogens is 297 g/mol. The molecule has 1 aliphatic heterocycles. The Morgan fingerprint density at radius 1 is 1.56 bits per heavy atom. The number of halogens is 2. The van der Waals surface area contributed by atoms with Crippen LogP contribution in [0, 0.1) is 0 Å². The van der Waals surface area contributed by atoms with Crippen LogP contribution < -0.4 is 10.5 Å². The Morgan fingerprint density at radius 2 is 2.31 bits per heavy atom. The quantitative estimate of drug-likeness (QED) is 0.673. The van der Waals surface area contributed by atoms with Crippen LogP contribution in [0.3, 0.4) is 0 Å². The van der Waals surface area contributed by atoms with Crippen molar-refractivity contribution >= 4 is 39.2 Å². The second-order valence-corrected chi connectivity index (χ2v) is 4.66. The minimum atomic E-state index is -0.584. The van der Waals surface area contributed by atoms with Crippen molar-refractivity contribution in [1.82, 2.24) is 0 Å². The summed E-state index contributed by atoms with van der Waals surface area (Å²) in [5.74, 6) is 0.0644. The molecule has 6 heteroatoms. The van der Waals surface area contributed by atoms with E-state index >= 15 is 0 Å². The fraction of sp³-hybridized carbons (Fsp3) is 0.300. The van der Waals surface area contributed by atoms with Gasteiger partial charge < -0.3 is 15.2 Å². The maximum Gasteiger partial charge on any atom is 0.347 e. The van der Waals surface area contributed by atoms with Crippen LogP contribution in [0.5, 0.6) is 5.75 Å². The predicted octanol–water partition coefficient (Wildman–Crippen LogP) is 2.38. The van der Waals surface area contributed by atoms with Crippen molar-refractivity contribution in [3.05, 3.63) is 21.6 Å². The molecule has 0 aromatic heterocycles. The van der Waals surface area contributed by atoms with Gasteiger partial charge in [0.2, 0.25) is 0 Å². The summed E-state index contributed by atoms with van der Waals surface area (Å²) >= 11 is 9.09. The molecule has 1 fully saturated rings. The molecule has 1 unspecified atom stereocenters. The number of cyclic esters (lactones) is 1. The molecule has 2 N–H and O–H groups in total. The summed E-state index contributed by atoms with van der Waals surface area (Å²) < 4.78 is 10.9. The smallest absolute Gasteiger partial charge is 0.347 e. The van der Waals surface area contributed by atoms with Crippen LogP contribution in [0.2, 0.25) is 5.02 Å². The second kappa shape index (κ2) is 4.51. The van der Waals surface area contributed by atoms with Crippen LogP contribution in [-0.4, -0.2) is 18.7 Å². The molecule has 0 spiro atoms. The Labute approximate surface area is 106 Å². The van der Waals surface area contributed by atoms with Gasteiger partial charge in [0.1, 0.15) is 0 Å². The Hall–Kier alpha value is -0.940. The average molecular weight is 307 g/mol. The Kier molecular flexibility index (Phi) is 3.25. The molecule has 1 saturated heterocycles. The van der Waals surface area contributed by atoms with Crippen molar-refractivity contribution in [2.24, 2.45) is 0 Å². The number of ether oxygens (including phenoxy) is 2. The van der Waals surface area contributed by atoms with E-state index in [1.807, 2.05) is 0 Å². The van der Waals surface area contributed by atoms with E-state index in [1.54, 1.807) is 12.1 Å². The van der Waals surface area contributed by atoms with Gasteiger partial charge in [-0.2, -0.15) is 0 Å².